The summed E-state index contributed by atoms with van der Waals surface area (Å²) in [5.74, 6) is 0.577. The molecule has 1 amide bonds. The van der Waals surface area contributed by atoms with E-state index in [0.29, 0.717) is 17.0 Å². The molecule has 0 fully saturated rings. The Bertz CT molecular complexity index is 805. The van der Waals surface area contributed by atoms with Crippen LogP contribution in [0.25, 0.3) is 10.9 Å². The Balaban J connectivity index is 1.85. The predicted molar refractivity (Wildman–Crippen MR) is 84.0 cm³/mol. The first-order valence-electron chi connectivity index (χ1n) is 6.70. The number of hydrogen-bond acceptors (Lipinski definition) is 2. The predicted octanol–water partition coefficient (Wildman–Crippen LogP) is 3.74. The van der Waals surface area contributed by atoms with E-state index in [1.807, 2.05) is 49.4 Å². The number of aromatic amines is 1. The molecule has 0 aliphatic heterocycles. The van der Waals surface area contributed by atoms with Gasteiger partial charge < -0.3 is 15.0 Å². The van der Waals surface area contributed by atoms with Crippen LogP contribution in [0.15, 0.2) is 48.5 Å². The molecule has 0 aliphatic rings. The lowest BCUT2D eigenvalue weighted by Crippen LogP contribution is -2.11. The lowest BCUT2D eigenvalue weighted by Gasteiger charge is -2.07. The second kappa shape index (κ2) is 5.32. The minimum atomic E-state index is -0.135. The van der Waals surface area contributed by atoms with Crippen molar-refractivity contribution in [3.63, 3.8) is 0 Å². The minimum Gasteiger partial charge on any atom is -0.497 e. The van der Waals surface area contributed by atoms with Crippen LogP contribution in [-0.2, 0) is 0 Å². The molecule has 0 aliphatic carbocycles. The highest BCUT2D eigenvalue weighted by Gasteiger charge is 2.08. The number of nitrogens with one attached hydrogen (secondary N) is 2. The van der Waals surface area contributed by atoms with E-state index in [9.17, 15) is 4.79 Å². The molecule has 1 heterocycles. The molecule has 4 nitrogen and oxygen atoms in total. The van der Waals surface area contributed by atoms with Crippen LogP contribution in [0.3, 0.4) is 0 Å². The van der Waals surface area contributed by atoms with Crippen molar-refractivity contribution in [1.82, 2.24) is 4.98 Å². The van der Waals surface area contributed by atoms with Crippen LogP contribution in [0.1, 0.15) is 16.1 Å². The zero-order valence-electron chi connectivity index (χ0n) is 11.9. The fraction of sp³-hybridized carbons (Fsp3) is 0.118. The van der Waals surface area contributed by atoms with Gasteiger partial charge in [-0.25, -0.2) is 0 Å². The number of hydrogen-bond donors (Lipinski definition) is 2. The Hall–Kier alpha value is -2.75. The smallest absolute Gasteiger partial charge is 0.255 e. The fourth-order valence-corrected chi connectivity index (χ4v) is 2.32. The Morgan fingerprint density at radius 1 is 1.14 bits per heavy atom. The van der Waals surface area contributed by atoms with E-state index in [1.165, 1.54) is 0 Å². The number of rotatable bonds is 3. The van der Waals surface area contributed by atoms with E-state index in [-0.39, 0.29) is 5.91 Å². The molecule has 0 spiro atoms. The van der Waals surface area contributed by atoms with Gasteiger partial charge in [0.15, 0.2) is 0 Å². The standard InChI is InChI=1S/C17H16N2O2/c1-11-8-13-9-12(6-7-16(13)18-11)17(20)19-14-4-3-5-15(10-14)21-2/h3-10,18H,1-2H3,(H,19,20). The average Bonchev–Trinajstić information content (AvgIpc) is 2.86. The van der Waals surface area contributed by atoms with Gasteiger partial charge in [0.1, 0.15) is 5.75 Å². The summed E-state index contributed by atoms with van der Waals surface area (Å²) < 4.78 is 5.15. The molecule has 0 saturated heterocycles. The lowest BCUT2D eigenvalue weighted by atomic mass is 10.1. The lowest BCUT2D eigenvalue weighted by molar-refractivity contribution is 0.102. The summed E-state index contributed by atoms with van der Waals surface area (Å²) in [7, 11) is 1.60. The van der Waals surface area contributed by atoms with Crippen molar-refractivity contribution < 1.29 is 9.53 Å². The van der Waals surface area contributed by atoms with E-state index in [2.05, 4.69) is 10.3 Å². The van der Waals surface area contributed by atoms with Gasteiger partial charge in [-0.05, 0) is 43.3 Å². The Morgan fingerprint density at radius 3 is 2.81 bits per heavy atom. The number of carbonyl (C=O) groups is 1. The second-order valence-electron chi connectivity index (χ2n) is 4.94. The number of methoxy groups -OCH3 is 1. The van der Waals surface area contributed by atoms with Gasteiger partial charge in [-0.15, -0.1) is 0 Å². The number of amides is 1. The molecule has 1 aromatic heterocycles. The largest absolute Gasteiger partial charge is 0.497 e. The first-order chi connectivity index (χ1) is 10.2. The highest BCUT2D eigenvalue weighted by Crippen LogP contribution is 2.20. The maximum absolute atomic E-state index is 12.3. The zero-order valence-corrected chi connectivity index (χ0v) is 11.9. The summed E-state index contributed by atoms with van der Waals surface area (Å²) in [4.78, 5) is 15.5. The van der Waals surface area contributed by atoms with Gasteiger partial charge >= 0.3 is 0 Å². The summed E-state index contributed by atoms with van der Waals surface area (Å²) in [5, 5.41) is 3.91. The van der Waals surface area contributed by atoms with Crippen LogP contribution in [0.5, 0.6) is 5.75 Å². The third kappa shape index (κ3) is 2.74. The van der Waals surface area contributed by atoms with Gasteiger partial charge in [-0.2, -0.15) is 0 Å². The van der Waals surface area contributed by atoms with Gasteiger partial charge in [0.05, 0.1) is 7.11 Å². The van der Waals surface area contributed by atoms with Crippen molar-refractivity contribution in [2.75, 3.05) is 12.4 Å². The van der Waals surface area contributed by atoms with E-state index in [4.69, 9.17) is 4.74 Å². The van der Waals surface area contributed by atoms with E-state index in [0.717, 1.165) is 16.6 Å². The molecule has 2 aromatic carbocycles. The van der Waals surface area contributed by atoms with E-state index < -0.39 is 0 Å². The maximum Gasteiger partial charge on any atom is 0.255 e. The van der Waals surface area contributed by atoms with E-state index >= 15 is 0 Å². The number of benzene rings is 2. The summed E-state index contributed by atoms with van der Waals surface area (Å²) in [6.07, 6.45) is 0. The number of carbonyl (C=O) groups excluding carboxylic acids is 1. The van der Waals surface area contributed by atoms with Gasteiger partial charge in [-0.1, -0.05) is 6.07 Å². The molecule has 106 valence electrons. The summed E-state index contributed by atoms with van der Waals surface area (Å²) in [6, 6.07) is 14.9. The average molecular weight is 280 g/mol. The number of aryl methyl sites for hydroxylation is 1. The van der Waals surface area contributed by atoms with Crippen molar-refractivity contribution in [1.29, 1.82) is 0 Å². The Labute approximate surface area is 122 Å². The van der Waals surface area contributed by atoms with Crippen molar-refractivity contribution in [3.8, 4) is 5.75 Å². The summed E-state index contributed by atoms with van der Waals surface area (Å²) >= 11 is 0. The monoisotopic (exact) mass is 280 g/mol. The van der Waals surface area contributed by atoms with Crippen LogP contribution < -0.4 is 10.1 Å². The molecule has 2 N–H and O–H groups in total. The van der Waals surface area contributed by atoms with Crippen LogP contribution in [-0.4, -0.2) is 18.0 Å². The highest BCUT2D eigenvalue weighted by molar-refractivity contribution is 6.06. The topological polar surface area (TPSA) is 54.1 Å². The Morgan fingerprint density at radius 2 is 2.00 bits per heavy atom. The van der Waals surface area contributed by atoms with Gasteiger partial charge in [0.2, 0.25) is 0 Å². The van der Waals surface area contributed by atoms with Crippen LogP contribution in [0.2, 0.25) is 0 Å². The number of aromatic nitrogens is 1. The fourth-order valence-electron chi connectivity index (χ4n) is 2.32. The number of anilines is 1. The molecule has 0 radical (unpaired) electrons. The van der Waals surface area contributed by atoms with Crippen LogP contribution >= 0.6 is 0 Å². The minimum absolute atomic E-state index is 0.135. The second-order valence-corrected chi connectivity index (χ2v) is 4.94. The van der Waals surface area contributed by atoms with Crippen molar-refractivity contribution >= 4 is 22.5 Å². The van der Waals surface area contributed by atoms with Gasteiger partial charge in [-0.3, -0.25) is 4.79 Å². The van der Waals surface area contributed by atoms with Crippen LogP contribution in [0, 0.1) is 6.92 Å². The summed E-state index contributed by atoms with van der Waals surface area (Å²) in [6.45, 7) is 2.00. The normalized spacial score (nSPS) is 10.6. The van der Waals surface area contributed by atoms with Crippen LogP contribution in [0.4, 0.5) is 5.69 Å². The quantitative estimate of drug-likeness (QED) is 0.768. The molecule has 0 saturated carbocycles. The third-order valence-corrected chi connectivity index (χ3v) is 3.35. The molecular weight excluding hydrogens is 264 g/mol. The van der Waals surface area contributed by atoms with Gasteiger partial charge in [0, 0.05) is 33.9 Å². The molecule has 4 heteroatoms. The molecule has 21 heavy (non-hydrogen) atoms. The number of ether oxygens (including phenoxy) is 1. The molecule has 3 aromatic rings. The molecule has 0 unspecified atom stereocenters. The zero-order chi connectivity index (χ0) is 14.8. The van der Waals surface area contributed by atoms with Crippen molar-refractivity contribution in [2.24, 2.45) is 0 Å². The molecular formula is C17H16N2O2. The van der Waals surface area contributed by atoms with Crippen molar-refractivity contribution in [2.45, 2.75) is 6.92 Å². The third-order valence-electron chi connectivity index (χ3n) is 3.35. The van der Waals surface area contributed by atoms with E-state index in [1.54, 1.807) is 13.2 Å². The first kappa shape index (κ1) is 13.2. The highest BCUT2D eigenvalue weighted by atomic mass is 16.5. The molecule has 0 bridgehead atoms. The molecule has 0 atom stereocenters. The van der Waals surface area contributed by atoms with Gasteiger partial charge in [0.25, 0.3) is 5.91 Å². The number of H-pyrrole nitrogens is 1. The Kier molecular flexibility index (Phi) is 3.36. The SMILES string of the molecule is COc1cccc(NC(=O)c2ccc3[nH]c(C)cc3c2)c1. The summed E-state index contributed by atoms with van der Waals surface area (Å²) in [5.41, 5.74) is 3.45. The number of fused-ring (bicyclic) bond motifs is 1. The van der Waals surface area contributed by atoms with Crippen molar-refractivity contribution in [3.05, 3.63) is 59.8 Å². The molecule has 3 rings (SSSR count). The maximum atomic E-state index is 12.3. The first-order valence-corrected chi connectivity index (χ1v) is 6.70.